The first-order valence-corrected chi connectivity index (χ1v) is 7.28. The highest BCUT2D eigenvalue weighted by Crippen LogP contribution is 2.17. The van der Waals surface area contributed by atoms with Gasteiger partial charge in [-0.2, -0.15) is 0 Å². The molecule has 0 saturated heterocycles. The van der Waals surface area contributed by atoms with Crippen LogP contribution in [-0.2, 0) is 6.42 Å². The molecule has 0 saturated carbocycles. The number of nitrogens with one attached hydrogen (secondary N) is 1. The Morgan fingerprint density at radius 2 is 1.96 bits per heavy atom. The number of carbonyl (C=O) groups is 1. The summed E-state index contributed by atoms with van der Waals surface area (Å²) in [6, 6.07) is 10.8. The van der Waals surface area contributed by atoms with Crippen LogP contribution in [-0.4, -0.2) is 17.4 Å². The second-order valence-electron chi connectivity index (χ2n) is 4.77. The molecule has 1 amide bonds. The monoisotopic (exact) mass is 375 g/mol. The first-order valence-electron chi connectivity index (χ1n) is 6.90. The molecule has 0 unspecified atom stereocenters. The predicted octanol–water partition coefficient (Wildman–Crippen LogP) is 3.91. The number of hydrogen-bond donors (Lipinski definition) is 2. The third-order valence-corrected chi connectivity index (χ3v) is 3.37. The van der Waals surface area contributed by atoms with Gasteiger partial charge in [0.05, 0.1) is 5.56 Å². The maximum atomic E-state index is 12.0. The molecule has 3 N–H and O–H groups in total. The van der Waals surface area contributed by atoms with E-state index in [4.69, 9.17) is 17.3 Å². The lowest BCUT2D eigenvalue weighted by Gasteiger charge is -2.08. The summed E-state index contributed by atoms with van der Waals surface area (Å²) in [6.07, 6.45) is 4.57. The van der Waals surface area contributed by atoms with Gasteiger partial charge in [-0.1, -0.05) is 17.7 Å². The first kappa shape index (κ1) is 21.5. The Balaban J connectivity index is 0.00000242. The van der Waals surface area contributed by atoms with Crippen LogP contribution >= 0.6 is 36.4 Å². The molecule has 0 bridgehead atoms. The van der Waals surface area contributed by atoms with Gasteiger partial charge >= 0.3 is 0 Å². The first-order chi connectivity index (χ1) is 10.2. The summed E-state index contributed by atoms with van der Waals surface area (Å²) in [4.78, 5) is 16.3. The Bertz CT molecular complexity index is 609. The van der Waals surface area contributed by atoms with Crippen molar-refractivity contribution in [3.05, 3.63) is 58.9 Å². The number of aromatic nitrogens is 1. The number of unbranched alkanes of at least 4 members (excludes halogenated alkanes) is 1. The van der Waals surface area contributed by atoms with Gasteiger partial charge in [0.15, 0.2) is 0 Å². The molecule has 126 valence electrons. The maximum Gasteiger partial charge on any atom is 0.253 e. The van der Waals surface area contributed by atoms with Gasteiger partial charge in [0.25, 0.3) is 5.91 Å². The van der Waals surface area contributed by atoms with Gasteiger partial charge in [-0.25, -0.2) is 0 Å². The molecule has 4 nitrogen and oxygen atoms in total. The molecule has 0 aliphatic heterocycles. The third kappa shape index (κ3) is 7.08. The Hall–Kier alpha value is -1.49. The Kier molecular flexibility index (Phi) is 10.4. The van der Waals surface area contributed by atoms with E-state index in [1.165, 1.54) is 0 Å². The van der Waals surface area contributed by atoms with Gasteiger partial charge in [-0.05, 0) is 49.6 Å². The quantitative estimate of drug-likeness (QED) is 0.593. The average Bonchev–Trinajstić information content (AvgIpc) is 2.50. The molecule has 0 aliphatic carbocycles. The van der Waals surface area contributed by atoms with Crippen molar-refractivity contribution >= 4 is 48.0 Å². The van der Waals surface area contributed by atoms with Crippen LogP contribution in [0.1, 0.15) is 28.9 Å². The summed E-state index contributed by atoms with van der Waals surface area (Å²) < 4.78 is 0. The zero-order valence-electron chi connectivity index (χ0n) is 12.5. The average molecular weight is 377 g/mol. The van der Waals surface area contributed by atoms with Crippen LogP contribution in [0.2, 0.25) is 5.02 Å². The van der Waals surface area contributed by atoms with E-state index in [1.54, 1.807) is 24.4 Å². The molecular formula is C16H20Cl3N3O. The Morgan fingerprint density at radius 1 is 1.17 bits per heavy atom. The van der Waals surface area contributed by atoms with Crippen molar-refractivity contribution in [2.45, 2.75) is 19.3 Å². The van der Waals surface area contributed by atoms with Crippen LogP contribution in [0.3, 0.4) is 0 Å². The number of rotatable bonds is 6. The Morgan fingerprint density at radius 3 is 2.65 bits per heavy atom. The van der Waals surface area contributed by atoms with E-state index in [0.717, 1.165) is 25.0 Å². The van der Waals surface area contributed by atoms with Crippen molar-refractivity contribution in [3.8, 4) is 0 Å². The summed E-state index contributed by atoms with van der Waals surface area (Å²) in [5.74, 6) is -0.187. The highest BCUT2D eigenvalue weighted by atomic mass is 35.5. The van der Waals surface area contributed by atoms with Crippen molar-refractivity contribution < 1.29 is 4.79 Å². The third-order valence-electron chi connectivity index (χ3n) is 3.13. The zero-order chi connectivity index (χ0) is 15.1. The number of halogens is 3. The van der Waals surface area contributed by atoms with E-state index in [-0.39, 0.29) is 30.7 Å². The Labute approximate surface area is 153 Å². The van der Waals surface area contributed by atoms with Crippen molar-refractivity contribution in [1.82, 2.24) is 10.3 Å². The van der Waals surface area contributed by atoms with Crippen molar-refractivity contribution in [2.75, 3.05) is 12.3 Å². The van der Waals surface area contributed by atoms with Crippen LogP contribution in [0.15, 0.2) is 42.6 Å². The minimum Gasteiger partial charge on any atom is -0.398 e. The fraction of sp³-hybridized carbons (Fsp3) is 0.250. The molecule has 1 heterocycles. The largest absolute Gasteiger partial charge is 0.398 e. The van der Waals surface area contributed by atoms with Gasteiger partial charge in [0, 0.05) is 29.1 Å². The number of anilines is 1. The normalized spacial score (nSPS) is 9.43. The second-order valence-corrected chi connectivity index (χ2v) is 5.20. The summed E-state index contributed by atoms with van der Waals surface area (Å²) in [5.41, 5.74) is 7.70. The van der Waals surface area contributed by atoms with Gasteiger partial charge in [-0.3, -0.25) is 9.78 Å². The molecule has 0 radical (unpaired) electrons. The number of pyridine rings is 1. The van der Waals surface area contributed by atoms with E-state index in [2.05, 4.69) is 10.3 Å². The molecule has 0 atom stereocenters. The maximum absolute atomic E-state index is 12.0. The summed E-state index contributed by atoms with van der Waals surface area (Å²) in [5, 5.41) is 3.36. The van der Waals surface area contributed by atoms with Crippen LogP contribution < -0.4 is 11.1 Å². The molecule has 1 aromatic heterocycles. The lowest BCUT2D eigenvalue weighted by Crippen LogP contribution is -2.25. The minimum absolute atomic E-state index is 0. The van der Waals surface area contributed by atoms with Crippen LogP contribution in [0.4, 0.5) is 5.69 Å². The zero-order valence-corrected chi connectivity index (χ0v) is 14.9. The number of hydrogen-bond acceptors (Lipinski definition) is 3. The SMILES string of the molecule is Cl.Cl.Nc1ccc(Cl)cc1C(=O)NCCCCc1ccccn1. The smallest absolute Gasteiger partial charge is 0.253 e. The number of amides is 1. The highest BCUT2D eigenvalue weighted by molar-refractivity contribution is 6.31. The fourth-order valence-electron chi connectivity index (χ4n) is 2.00. The van der Waals surface area contributed by atoms with Gasteiger partial charge in [0.1, 0.15) is 0 Å². The number of nitrogens with zero attached hydrogens (tertiary/aromatic N) is 1. The van der Waals surface area contributed by atoms with Gasteiger partial charge in [-0.15, -0.1) is 24.8 Å². The van der Waals surface area contributed by atoms with E-state index in [1.807, 2.05) is 18.2 Å². The second kappa shape index (κ2) is 11.1. The summed E-state index contributed by atoms with van der Waals surface area (Å²) in [7, 11) is 0. The van der Waals surface area contributed by atoms with E-state index >= 15 is 0 Å². The molecule has 2 rings (SSSR count). The molecule has 7 heteroatoms. The number of carbonyl (C=O) groups excluding carboxylic acids is 1. The predicted molar refractivity (Wildman–Crippen MR) is 99.9 cm³/mol. The number of nitrogen functional groups attached to an aromatic ring is 1. The molecule has 1 aromatic carbocycles. The molecule has 2 aromatic rings. The van der Waals surface area contributed by atoms with Crippen molar-refractivity contribution in [1.29, 1.82) is 0 Å². The van der Waals surface area contributed by atoms with E-state index in [0.29, 0.717) is 22.8 Å². The molecule has 0 fully saturated rings. The highest BCUT2D eigenvalue weighted by Gasteiger charge is 2.09. The van der Waals surface area contributed by atoms with Crippen molar-refractivity contribution in [3.63, 3.8) is 0 Å². The van der Waals surface area contributed by atoms with E-state index in [9.17, 15) is 4.79 Å². The van der Waals surface area contributed by atoms with Crippen molar-refractivity contribution in [2.24, 2.45) is 0 Å². The molecular weight excluding hydrogens is 357 g/mol. The minimum atomic E-state index is -0.187. The standard InChI is InChI=1S/C16H18ClN3O.2ClH/c17-12-7-8-15(18)14(11-12)16(21)20-10-4-2-6-13-5-1-3-9-19-13;;/h1,3,5,7-9,11H,2,4,6,10,18H2,(H,20,21);2*1H. The van der Waals surface area contributed by atoms with Gasteiger partial charge in [0.2, 0.25) is 0 Å². The van der Waals surface area contributed by atoms with E-state index < -0.39 is 0 Å². The molecule has 0 spiro atoms. The molecule has 23 heavy (non-hydrogen) atoms. The van der Waals surface area contributed by atoms with Crippen LogP contribution in [0.5, 0.6) is 0 Å². The van der Waals surface area contributed by atoms with Crippen LogP contribution in [0.25, 0.3) is 0 Å². The number of benzene rings is 1. The topological polar surface area (TPSA) is 68.0 Å². The fourth-order valence-corrected chi connectivity index (χ4v) is 2.17. The number of aryl methyl sites for hydroxylation is 1. The lowest BCUT2D eigenvalue weighted by atomic mass is 10.1. The van der Waals surface area contributed by atoms with Crippen LogP contribution in [0, 0.1) is 0 Å². The van der Waals surface area contributed by atoms with Gasteiger partial charge < -0.3 is 11.1 Å². The summed E-state index contributed by atoms with van der Waals surface area (Å²) in [6.45, 7) is 0.609. The lowest BCUT2D eigenvalue weighted by molar-refractivity contribution is 0.0954. The summed E-state index contributed by atoms with van der Waals surface area (Å²) >= 11 is 5.87. The molecule has 0 aliphatic rings. The number of nitrogens with two attached hydrogens (primary N) is 1.